The number of nitrogens with one attached hydrogen (secondary N) is 2. The Morgan fingerprint density at radius 3 is 2.58 bits per heavy atom. The average molecular weight is 414 g/mol. The quantitative estimate of drug-likeness (QED) is 0.669. The number of amides is 1. The largest absolute Gasteiger partial charge is 0.506 e. The van der Waals surface area contributed by atoms with Crippen molar-refractivity contribution in [2.45, 2.75) is 17.7 Å². The van der Waals surface area contributed by atoms with Crippen molar-refractivity contribution in [3.63, 3.8) is 0 Å². The lowest BCUT2D eigenvalue weighted by Crippen LogP contribution is -2.28. The molecule has 9 heteroatoms. The lowest BCUT2D eigenvalue weighted by Gasteiger charge is -2.16. The Morgan fingerprint density at radius 1 is 1.25 bits per heavy atom. The smallest absolute Gasteiger partial charge is 0.272 e. The Balaban J connectivity index is 1.87. The second-order valence-corrected chi connectivity index (χ2v) is 8.33. The zero-order valence-electron chi connectivity index (χ0n) is 12.6. The Hall–Kier alpha value is -1.84. The van der Waals surface area contributed by atoms with Gasteiger partial charge in [0.1, 0.15) is 11.4 Å². The lowest BCUT2D eigenvalue weighted by molar-refractivity contribution is 0.102. The maximum atomic E-state index is 12.6. The predicted molar refractivity (Wildman–Crippen MR) is 92.5 cm³/mol. The van der Waals surface area contributed by atoms with Crippen LogP contribution in [0, 0.1) is 0 Å². The molecule has 1 aliphatic heterocycles. The number of rotatable bonds is 4. The summed E-state index contributed by atoms with van der Waals surface area (Å²) in [5.74, 6) is -0.680. The van der Waals surface area contributed by atoms with E-state index in [0.717, 1.165) is 12.8 Å². The van der Waals surface area contributed by atoms with Crippen molar-refractivity contribution in [1.82, 2.24) is 9.29 Å². The van der Waals surface area contributed by atoms with E-state index < -0.39 is 15.9 Å². The molecule has 0 spiro atoms. The van der Waals surface area contributed by atoms with E-state index in [2.05, 4.69) is 26.2 Å². The van der Waals surface area contributed by atoms with Gasteiger partial charge < -0.3 is 15.4 Å². The molecular formula is C15H16BrN3O4S. The summed E-state index contributed by atoms with van der Waals surface area (Å²) >= 11 is 3.23. The number of carbonyl (C=O) groups is 1. The molecular weight excluding hydrogens is 398 g/mol. The first-order valence-electron chi connectivity index (χ1n) is 7.36. The van der Waals surface area contributed by atoms with Gasteiger partial charge in [-0.05, 0) is 53.0 Å². The monoisotopic (exact) mass is 413 g/mol. The van der Waals surface area contributed by atoms with Gasteiger partial charge in [0.15, 0.2) is 0 Å². The van der Waals surface area contributed by atoms with Crippen LogP contribution in [0.5, 0.6) is 5.75 Å². The van der Waals surface area contributed by atoms with Crippen LogP contribution in [0.25, 0.3) is 0 Å². The summed E-state index contributed by atoms with van der Waals surface area (Å²) in [5.41, 5.74) is 0.333. The topological polar surface area (TPSA) is 102 Å². The highest BCUT2D eigenvalue weighted by atomic mass is 79.9. The van der Waals surface area contributed by atoms with E-state index in [1.807, 2.05) is 0 Å². The molecule has 1 amide bonds. The van der Waals surface area contributed by atoms with E-state index in [9.17, 15) is 18.3 Å². The van der Waals surface area contributed by atoms with Gasteiger partial charge in [-0.2, -0.15) is 4.31 Å². The van der Waals surface area contributed by atoms with Crippen molar-refractivity contribution >= 4 is 37.5 Å². The van der Waals surface area contributed by atoms with Crippen LogP contribution in [-0.2, 0) is 10.0 Å². The molecule has 0 atom stereocenters. The summed E-state index contributed by atoms with van der Waals surface area (Å²) in [4.78, 5) is 15.0. The molecule has 3 N–H and O–H groups in total. The summed E-state index contributed by atoms with van der Waals surface area (Å²) in [6.07, 6.45) is 3.27. The summed E-state index contributed by atoms with van der Waals surface area (Å²) < 4.78 is 27.3. The molecule has 0 saturated carbocycles. The number of H-pyrrole nitrogens is 1. The van der Waals surface area contributed by atoms with E-state index in [0.29, 0.717) is 17.6 Å². The van der Waals surface area contributed by atoms with E-state index in [4.69, 9.17) is 0 Å². The highest BCUT2D eigenvalue weighted by Gasteiger charge is 2.28. The van der Waals surface area contributed by atoms with Gasteiger partial charge in [0, 0.05) is 23.8 Å². The number of aromatic amines is 1. The zero-order valence-corrected chi connectivity index (χ0v) is 15.0. The van der Waals surface area contributed by atoms with Crippen LogP contribution in [0.4, 0.5) is 5.69 Å². The molecule has 2 heterocycles. The molecule has 0 radical (unpaired) electrons. The van der Waals surface area contributed by atoms with Crippen LogP contribution in [0.2, 0.25) is 0 Å². The van der Waals surface area contributed by atoms with Gasteiger partial charge in [-0.3, -0.25) is 4.79 Å². The molecule has 0 aliphatic carbocycles. The van der Waals surface area contributed by atoms with Crippen molar-refractivity contribution in [1.29, 1.82) is 0 Å². The van der Waals surface area contributed by atoms with E-state index >= 15 is 0 Å². The Bertz CT molecular complexity index is 873. The van der Waals surface area contributed by atoms with Crippen molar-refractivity contribution in [3.8, 4) is 5.75 Å². The number of sulfonamides is 1. The fourth-order valence-electron chi connectivity index (χ4n) is 2.54. The second-order valence-electron chi connectivity index (χ2n) is 5.48. The normalized spacial score (nSPS) is 15.5. The minimum absolute atomic E-state index is 0.0465. The lowest BCUT2D eigenvalue weighted by atomic mass is 10.3. The molecule has 7 nitrogen and oxygen atoms in total. The first-order valence-corrected chi connectivity index (χ1v) is 9.59. The van der Waals surface area contributed by atoms with Gasteiger partial charge >= 0.3 is 0 Å². The molecule has 24 heavy (non-hydrogen) atoms. The fourth-order valence-corrected chi connectivity index (χ4v) is 4.43. The summed E-state index contributed by atoms with van der Waals surface area (Å²) in [6.45, 7) is 0.975. The Labute approximate surface area is 147 Å². The average Bonchev–Trinajstić information content (AvgIpc) is 3.20. The Kier molecular flexibility index (Phi) is 4.66. The number of phenols is 1. The predicted octanol–water partition coefficient (Wildman–Crippen LogP) is 2.52. The number of hydrogen-bond donors (Lipinski definition) is 3. The van der Waals surface area contributed by atoms with Gasteiger partial charge in [0.25, 0.3) is 5.91 Å². The highest BCUT2D eigenvalue weighted by molar-refractivity contribution is 9.10. The molecule has 1 aromatic heterocycles. The van der Waals surface area contributed by atoms with Crippen molar-refractivity contribution < 1.29 is 18.3 Å². The van der Waals surface area contributed by atoms with Crippen LogP contribution in [0.1, 0.15) is 23.3 Å². The summed E-state index contributed by atoms with van der Waals surface area (Å²) in [7, 11) is -3.62. The third-order valence-corrected chi connectivity index (χ3v) is 6.16. The third-order valence-electron chi connectivity index (χ3n) is 3.81. The molecule has 1 fully saturated rings. The first kappa shape index (κ1) is 17.0. The molecule has 128 valence electrons. The standard InChI is InChI=1S/C15H16BrN3O4S/c16-10-7-13(17-9-10)15(21)18-12-8-11(3-4-14(12)20)24(22,23)19-5-1-2-6-19/h3-4,7-9,17,20H,1-2,5-6H2,(H,18,21). The molecule has 1 saturated heterocycles. The molecule has 0 bridgehead atoms. The van der Waals surface area contributed by atoms with Crippen molar-refractivity contribution in [2.24, 2.45) is 0 Å². The number of benzene rings is 1. The van der Waals surface area contributed by atoms with Crippen LogP contribution >= 0.6 is 15.9 Å². The summed E-state index contributed by atoms with van der Waals surface area (Å²) in [5, 5.41) is 12.4. The maximum Gasteiger partial charge on any atom is 0.272 e. The number of phenolic OH excluding ortho intramolecular Hbond substituents is 1. The number of aromatic hydroxyl groups is 1. The van der Waals surface area contributed by atoms with Crippen LogP contribution < -0.4 is 5.32 Å². The number of carbonyl (C=O) groups excluding carboxylic acids is 1. The molecule has 1 aliphatic rings. The second kappa shape index (κ2) is 6.58. The van der Waals surface area contributed by atoms with Gasteiger partial charge in [0.2, 0.25) is 10.0 Å². The van der Waals surface area contributed by atoms with Crippen molar-refractivity contribution in [2.75, 3.05) is 18.4 Å². The minimum Gasteiger partial charge on any atom is -0.506 e. The van der Waals surface area contributed by atoms with Gasteiger partial charge in [-0.25, -0.2) is 8.42 Å². The minimum atomic E-state index is -3.62. The highest BCUT2D eigenvalue weighted by Crippen LogP contribution is 2.29. The van der Waals surface area contributed by atoms with Gasteiger partial charge in [-0.15, -0.1) is 0 Å². The van der Waals surface area contributed by atoms with E-state index in [1.165, 1.54) is 22.5 Å². The molecule has 0 unspecified atom stereocenters. The van der Waals surface area contributed by atoms with E-state index in [1.54, 1.807) is 12.3 Å². The molecule has 2 aromatic rings. The summed E-state index contributed by atoms with van der Waals surface area (Å²) in [6, 6.07) is 5.46. The maximum absolute atomic E-state index is 12.6. The van der Waals surface area contributed by atoms with E-state index in [-0.39, 0.29) is 22.0 Å². The first-order chi connectivity index (χ1) is 11.4. The van der Waals surface area contributed by atoms with Crippen LogP contribution in [0.3, 0.4) is 0 Å². The van der Waals surface area contributed by atoms with Gasteiger partial charge in [-0.1, -0.05) is 0 Å². The SMILES string of the molecule is O=C(Nc1cc(S(=O)(=O)N2CCCC2)ccc1O)c1cc(Br)c[nH]1. The van der Waals surface area contributed by atoms with Crippen molar-refractivity contribution in [3.05, 3.63) is 40.6 Å². The Morgan fingerprint density at radius 2 is 1.96 bits per heavy atom. The molecule has 3 rings (SSSR count). The number of hydrogen-bond acceptors (Lipinski definition) is 4. The number of anilines is 1. The zero-order chi connectivity index (χ0) is 17.3. The number of nitrogens with zero attached hydrogens (tertiary/aromatic N) is 1. The third kappa shape index (κ3) is 3.33. The number of aromatic nitrogens is 1. The van der Waals surface area contributed by atoms with Gasteiger partial charge in [0.05, 0.1) is 10.6 Å². The van der Waals surface area contributed by atoms with Crippen LogP contribution in [-0.4, -0.2) is 41.8 Å². The number of halogens is 1. The van der Waals surface area contributed by atoms with Crippen LogP contribution in [0.15, 0.2) is 39.8 Å². The molecule has 1 aromatic carbocycles. The fraction of sp³-hybridized carbons (Fsp3) is 0.267.